The molecule has 0 aliphatic carbocycles. The van der Waals surface area contributed by atoms with E-state index in [1.165, 1.54) is 0 Å². The molecule has 0 spiro atoms. The van der Waals surface area contributed by atoms with Crippen molar-refractivity contribution < 1.29 is 19.5 Å². The van der Waals surface area contributed by atoms with Crippen molar-refractivity contribution in [2.45, 2.75) is 19.4 Å². The predicted molar refractivity (Wildman–Crippen MR) is 58.9 cm³/mol. The molecular formula is C10H15N3O4. The third kappa shape index (κ3) is 3.56. The van der Waals surface area contributed by atoms with Gasteiger partial charge in [0.15, 0.2) is 0 Å². The Hall–Kier alpha value is -1.89. The molecule has 2 amide bonds. The van der Waals surface area contributed by atoms with E-state index in [4.69, 9.17) is 10.8 Å². The van der Waals surface area contributed by atoms with Gasteiger partial charge in [0.05, 0.1) is 6.42 Å². The van der Waals surface area contributed by atoms with Gasteiger partial charge in [-0.05, 0) is 12.5 Å². The fourth-order valence-electron chi connectivity index (χ4n) is 1.34. The maximum atomic E-state index is 11.7. The molecule has 1 aliphatic heterocycles. The summed E-state index contributed by atoms with van der Waals surface area (Å²) < 4.78 is 0. The molecule has 7 heteroatoms. The molecule has 0 aromatic heterocycles. The van der Waals surface area contributed by atoms with Crippen LogP contribution in [0.4, 0.5) is 0 Å². The topological polar surface area (TPSA) is 122 Å². The Labute approximate surface area is 98.0 Å². The second-order valence-electron chi connectivity index (χ2n) is 3.87. The molecule has 0 radical (unpaired) electrons. The van der Waals surface area contributed by atoms with Gasteiger partial charge >= 0.3 is 5.97 Å². The quantitative estimate of drug-likeness (QED) is 0.430. The number of primary amides is 1. The summed E-state index contributed by atoms with van der Waals surface area (Å²) in [6.45, 7) is 2.88. The van der Waals surface area contributed by atoms with Crippen LogP contribution >= 0.6 is 0 Å². The molecule has 0 aromatic rings. The van der Waals surface area contributed by atoms with Gasteiger partial charge < -0.3 is 21.5 Å². The Kier molecular flexibility index (Phi) is 4.22. The number of carbonyl (C=O) groups excluding carboxylic acids is 2. The van der Waals surface area contributed by atoms with Crippen LogP contribution in [-0.2, 0) is 14.4 Å². The van der Waals surface area contributed by atoms with Gasteiger partial charge in [0.2, 0.25) is 11.8 Å². The van der Waals surface area contributed by atoms with Crippen LogP contribution in [0.3, 0.4) is 0 Å². The van der Waals surface area contributed by atoms with Crippen LogP contribution < -0.4 is 16.4 Å². The van der Waals surface area contributed by atoms with Gasteiger partial charge in [-0.25, -0.2) is 4.79 Å². The van der Waals surface area contributed by atoms with E-state index in [1.54, 1.807) is 6.92 Å². The Morgan fingerprint density at radius 1 is 1.47 bits per heavy atom. The Morgan fingerprint density at radius 2 is 2.06 bits per heavy atom. The van der Waals surface area contributed by atoms with E-state index in [-0.39, 0.29) is 0 Å². The largest absolute Gasteiger partial charge is 0.480 e. The maximum absolute atomic E-state index is 11.7. The molecule has 0 saturated carbocycles. The van der Waals surface area contributed by atoms with Crippen molar-refractivity contribution >= 4 is 17.8 Å². The van der Waals surface area contributed by atoms with Crippen LogP contribution in [0.15, 0.2) is 11.1 Å². The van der Waals surface area contributed by atoms with Crippen LogP contribution in [-0.4, -0.2) is 42.0 Å². The van der Waals surface area contributed by atoms with Crippen LogP contribution in [0.1, 0.15) is 13.3 Å². The standard InChI is InChI=1S/C10H15N3O4/c1-5(6-3-12-4-6)9(15)13-7(10(16)17)2-8(11)14/h7,12H,2-4H2,1H3,(H2,11,14)(H,13,15)(H,16,17)/t7-/m1/s1. The molecule has 7 nitrogen and oxygen atoms in total. The molecule has 1 fully saturated rings. The van der Waals surface area contributed by atoms with Gasteiger partial charge in [0.25, 0.3) is 0 Å². The summed E-state index contributed by atoms with van der Waals surface area (Å²) in [6, 6.07) is -1.27. The Morgan fingerprint density at radius 3 is 2.41 bits per heavy atom. The van der Waals surface area contributed by atoms with Gasteiger partial charge in [-0.2, -0.15) is 0 Å². The Balaban J connectivity index is 2.64. The first-order chi connectivity index (χ1) is 7.91. The molecule has 1 atom stereocenters. The highest BCUT2D eigenvalue weighted by molar-refractivity contribution is 5.97. The summed E-state index contributed by atoms with van der Waals surface area (Å²) in [5, 5.41) is 14.1. The van der Waals surface area contributed by atoms with Crippen molar-refractivity contribution in [3.63, 3.8) is 0 Å². The summed E-state index contributed by atoms with van der Waals surface area (Å²) in [4.78, 5) is 33.1. The van der Waals surface area contributed by atoms with Crippen molar-refractivity contribution in [2.75, 3.05) is 13.1 Å². The monoisotopic (exact) mass is 241 g/mol. The number of carbonyl (C=O) groups is 3. The lowest BCUT2D eigenvalue weighted by Gasteiger charge is -2.22. The third-order valence-electron chi connectivity index (χ3n) is 2.56. The zero-order valence-corrected chi connectivity index (χ0v) is 9.45. The first kappa shape index (κ1) is 13.2. The Bertz CT molecular complexity index is 383. The van der Waals surface area contributed by atoms with Gasteiger partial charge in [-0.1, -0.05) is 0 Å². The summed E-state index contributed by atoms with van der Waals surface area (Å²) in [7, 11) is 0. The fraction of sp³-hybridized carbons (Fsp3) is 0.500. The molecular weight excluding hydrogens is 226 g/mol. The number of rotatable bonds is 5. The average Bonchev–Trinajstić information content (AvgIpc) is 2.12. The second-order valence-corrected chi connectivity index (χ2v) is 3.87. The number of nitrogens with two attached hydrogens (primary N) is 1. The molecule has 0 unspecified atom stereocenters. The van der Waals surface area contributed by atoms with E-state index in [9.17, 15) is 14.4 Å². The first-order valence-electron chi connectivity index (χ1n) is 5.13. The van der Waals surface area contributed by atoms with Crippen LogP contribution in [0, 0.1) is 0 Å². The van der Waals surface area contributed by atoms with Gasteiger partial charge in [-0.15, -0.1) is 0 Å². The lowest BCUT2D eigenvalue weighted by molar-refractivity contribution is -0.142. The number of aliphatic carboxylic acids is 1. The minimum absolute atomic E-state index is 0.415. The van der Waals surface area contributed by atoms with Crippen molar-refractivity contribution in [3.05, 3.63) is 11.1 Å². The second kappa shape index (κ2) is 5.44. The van der Waals surface area contributed by atoms with E-state index in [2.05, 4.69) is 10.6 Å². The maximum Gasteiger partial charge on any atom is 0.326 e. The predicted octanol–water partition coefficient (Wildman–Crippen LogP) is -1.65. The van der Waals surface area contributed by atoms with Crippen molar-refractivity contribution in [1.82, 2.24) is 10.6 Å². The van der Waals surface area contributed by atoms with Crippen LogP contribution in [0.2, 0.25) is 0 Å². The average molecular weight is 241 g/mol. The first-order valence-corrected chi connectivity index (χ1v) is 5.13. The van der Waals surface area contributed by atoms with Gasteiger partial charge in [0.1, 0.15) is 6.04 Å². The van der Waals surface area contributed by atoms with E-state index in [0.717, 1.165) is 5.57 Å². The highest BCUT2D eigenvalue weighted by Crippen LogP contribution is 2.09. The molecule has 1 saturated heterocycles. The zero-order valence-electron chi connectivity index (χ0n) is 9.45. The lowest BCUT2D eigenvalue weighted by atomic mass is 10.0. The lowest BCUT2D eigenvalue weighted by Crippen LogP contribution is -2.45. The molecule has 5 N–H and O–H groups in total. The molecule has 94 valence electrons. The van der Waals surface area contributed by atoms with E-state index < -0.39 is 30.2 Å². The van der Waals surface area contributed by atoms with E-state index >= 15 is 0 Å². The number of nitrogens with one attached hydrogen (secondary N) is 2. The van der Waals surface area contributed by atoms with Crippen LogP contribution in [0.25, 0.3) is 0 Å². The van der Waals surface area contributed by atoms with Crippen LogP contribution in [0.5, 0.6) is 0 Å². The highest BCUT2D eigenvalue weighted by atomic mass is 16.4. The van der Waals surface area contributed by atoms with E-state index in [0.29, 0.717) is 18.7 Å². The van der Waals surface area contributed by atoms with Crippen molar-refractivity contribution in [2.24, 2.45) is 5.73 Å². The number of carboxylic acid groups (broad SMARTS) is 1. The minimum Gasteiger partial charge on any atom is -0.480 e. The highest BCUT2D eigenvalue weighted by Gasteiger charge is 2.24. The van der Waals surface area contributed by atoms with Gasteiger partial charge in [-0.3, -0.25) is 9.59 Å². The number of amides is 2. The normalized spacial score (nSPS) is 15.7. The summed E-state index contributed by atoms with van der Waals surface area (Å²) in [5.74, 6) is -2.52. The molecule has 0 aromatic carbocycles. The molecule has 0 bridgehead atoms. The van der Waals surface area contributed by atoms with Crippen molar-refractivity contribution in [1.29, 1.82) is 0 Å². The molecule has 1 aliphatic rings. The fourth-order valence-corrected chi connectivity index (χ4v) is 1.34. The number of carboxylic acids is 1. The summed E-state index contributed by atoms with van der Waals surface area (Å²) in [5.41, 5.74) is 6.33. The number of hydrogen-bond donors (Lipinski definition) is 4. The molecule has 1 rings (SSSR count). The number of hydrogen-bond acceptors (Lipinski definition) is 4. The smallest absolute Gasteiger partial charge is 0.326 e. The molecule has 1 heterocycles. The third-order valence-corrected chi connectivity index (χ3v) is 2.56. The summed E-state index contributed by atoms with van der Waals surface area (Å²) >= 11 is 0. The SMILES string of the molecule is CC(C(=O)N[C@H](CC(N)=O)C(=O)O)=C1CNC1. The van der Waals surface area contributed by atoms with Crippen molar-refractivity contribution in [3.8, 4) is 0 Å². The minimum atomic E-state index is -1.28. The molecule has 17 heavy (non-hydrogen) atoms. The summed E-state index contributed by atoms with van der Waals surface area (Å²) in [6.07, 6.45) is -0.415. The zero-order chi connectivity index (χ0) is 13.0. The van der Waals surface area contributed by atoms with Gasteiger partial charge in [0, 0.05) is 18.7 Å². The van der Waals surface area contributed by atoms with E-state index in [1.807, 2.05) is 0 Å².